The topological polar surface area (TPSA) is 86.0 Å². The highest BCUT2D eigenvalue weighted by Crippen LogP contribution is 2.21. The van der Waals surface area contributed by atoms with Crippen LogP contribution in [0.3, 0.4) is 0 Å². The Morgan fingerprint density at radius 2 is 1.75 bits per heavy atom. The molecule has 0 spiro atoms. The molecule has 3 aromatic rings. The number of halogens is 1. The van der Waals surface area contributed by atoms with E-state index in [1.807, 2.05) is 18.2 Å². The van der Waals surface area contributed by atoms with Crippen molar-refractivity contribution in [1.82, 2.24) is 10.3 Å². The Bertz CT molecular complexity index is 920. The molecule has 0 atom stereocenters. The summed E-state index contributed by atoms with van der Waals surface area (Å²) in [4.78, 5) is 26.8. The highest BCUT2D eigenvalue weighted by Gasteiger charge is 2.10. The first-order valence-electron chi connectivity index (χ1n) is 7.23. The molecule has 0 fully saturated rings. The molecule has 1 heterocycles. The van der Waals surface area contributed by atoms with Crippen LogP contribution in [0.5, 0.6) is 0 Å². The van der Waals surface area contributed by atoms with Crippen molar-refractivity contribution in [3.63, 3.8) is 0 Å². The first-order chi connectivity index (χ1) is 11.5. The second kappa shape index (κ2) is 6.76. The maximum absolute atomic E-state index is 12.4. The molecule has 4 N–H and O–H groups in total. The van der Waals surface area contributed by atoms with Crippen molar-refractivity contribution >= 4 is 50.1 Å². The molecule has 0 unspecified atom stereocenters. The standard InChI is InChI=1S/C17H15BrN4O2/c1-19-17(24)21-13-4-2-3-12(9-13)20-16(23)15-7-10-5-6-11(18)8-14(10)22-15/h2-9,22H,1H3,(H,20,23)(H2,19,21,24). The zero-order valence-electron chi connectivity index (χ0n) is 12.8. The van der Waals surface area contributed by atoms with Crippen molar-refractivity contribution < 1.29 is 9.59 Å². The van der Waals surface area contributed by atoms with Crippen molar-refractivity contribution in [2.75, 3.05) is 17.7 Å². The van der Waals surface area contributed by atoms with Gasteiger partial charge in [-0.05, 0) is 36.4 Å². The van der Waals surface area contributed by atoms with Gasteiger partial charge in [0, 0.05) is 33.8 Å². The summed E-state index contributed by atoms with van der Waals surface area (Å²) in [5, 5.41) is 8.90. The number of carbonyl (C=O) groups excluding carboxylic acids is 2. The number of H-pyrrole nitrogens is 1. The average molecular weight is 387 g/mol. The monoisotopic (exact) mass is 386 g/mol. The van der Waals surface area contributed by atoms with Crippen molar-refractivity contribution in [1.29, 1.82) is 0 Å². The summed E-state index contributed by atoms with van der Waals surface area (Å²) in [6.45, 7) is 0. The smallest absolute Gasteiger partial charge is 0.318 e. The van der Waals surface area contributed by atoms with Gasteiger partial charge in [0.15, 0.2) is 0 Å². The molecule has 3 rings (SSSR count). The Morgan fingerprint density at radius 1 is 1.00 bits per heavy atom. The summed E-state index contributed by atoms with van der Waals surface area (Å²) >= 11 is 3.41. The van der Waals surface area contributed by atoms with Crippen LogP contribution < -0.4 is 16.0 Å². The summed E-state index contributed by atoms with van der Waals surface area (Å²) in [5.74, 6) is -0.251. The maximum atomic E-state index is 12.4. The van der Waals surface area contributed by atoms with E-state index in [9.17, 15) is 9.59 Å². The van der Waals surface area contributed by atoms with E-state index in [-0.39, 0.29) is 11.9 Å². The molecule has 0 aliphatic heterocycles. The molecule has 0 aliphatic rings. The van der Waals surface area contributed by atoms with Crippen molar-refractivity contribution in [3.05, 3.63) is 58.7 Å². The SMILES string of the molecule is CNC(=O)Nc1cccc(NC(=O)c2cc3ccc(Br)cc3[nH]2)c1. The lowest BCUT2D eigenvalue weighted by atomic mass is 10.2. The third kappa shape index (κ3) is 3.57. The number of fused-ring (bicyclic) bond motifs is 1. The molecule has 6 nitrogen and oxygen atoms in total. The zero-order chi connectivity index (χ0) is 17.1. The molecule has 24 heavy (non-hydrogen) atoms. The lowest BCUT2D eigenvalue weighted by Gasteiger charge is -2.08. The van der Waals surface area contributed by atoms with Crippen molar-refractivity contribution in [2.45, 2.75) is 0 Å². The summed E-state index contributed by atoms with van der Waals surface area (Å²) in [6, 6.07) is 14.2. The van der Waals surface area contributed by atoms with Crippen LogP contribution in [-0.4, -0.2) is 24.0 Å². The number of amides is 3. The van der Waals surface area contributed by atoms with Gasteiger partial charge in [-0.15, -0.1) is 0 Å². The number of aromatic amines is 1. The predicted octanol–water partition coefficient (Wildman–Crippen LogP) is 3.93. The van der Waals surface area contributed by atoms with E-state index in [4.69, 9.17) is 0 Å². The molecule has 122 valence electrons. The number of anilines is 2. The van der Waals surface area contributed by atoms with Gasteiger partial charge in [-0.1, -0.05) is 28.1 Å². The second-order valence-electron chi connectivity index (χ2n) is 5.15. The van der Waals surface area contributed by atoms with E-state index >= 15 is 0 Å². The minimum absolute atomic E-state index is 0.251. The summed E-state index contributed by atoms with van der Waals surface area (Å²) < 4.78 is 0.941. The van der Waals surface area contributed by atoms with Crippen LogP contribution in [0.2, 0.25) is 0 Å². The highest BCUT2D eigenvalue weighted by atomic mass is 79.9. The lowest BCUT2D eigenvalue weighted by Crippen LogP contribution is -2.24. The fourth-order valence-electron chi connectivity index (χ4n) is 2.29. The third-order valence-corrected chi connectivity index (χ3v) is 3.93. The van der Waals surface area contributed by atoms with E-state index in [0.717, 1.165) is 15.4 Å². The normalized spacial score (nSPS) is 10.4. The number of hydrogen-bond acceptors (Lipinski definition) is 2. The first kappa shape index (κ1) is 16.1. The van der Waals surface area contributed by atoms with Crippen LogP contribution in [0.1, 0.15) is 10.5 Å². The van der Waals surface area contributed by atoms with Gasteiger partial charge in [-0.25, -0.2) is 4.79 Å². The van der Waals surface area contributed by atoms with Crippen LogP contribution >= 0.6 is 15.9 Å². The summed E-state index contributed by atoms with van der Waals surface area (Å²) in [7, 11) is 1.54. The molecular formula is C17H15BrN4O2. The average Bonchev–Trinajstić information content (AvgIpc) is 2.98. The quantitative estimate of drug-likeness (QED) is 0.549. The summed E-state index contributed by atoms with van der Waals surface area (Å²) in [5.41, 5.74) is 2.53. The minimum Gasteiger partial charge on any atom is -0.350 e. The largest absolute Gasteiger partial charge is 0.350 e. The molecule has 7 heteroatoms. The van der Waals surface area contributed by atoms with Gasteiger partial charge in [0.05, 0.1) is 0 Å². The molecule has 3 amide bonds. The van der Waals surface area contributed by atoms with Crippen molar-refractivity contribution in [3.8, 4) is 0 Å². The molecular weight excluding hydrogens is 372 g/mol. The molecule has 2 aromatic carbocycles. The first-order valence-corrected chi connectivity index (χ1v) is 8.03. The highest BCUT2D eigenvalue weighted by molar-refractivity contribution is 9.10. The van der Waals surface area contributed by atoms with E-state index in [1.54, 1.807) is 30.3 Å². The van der Waals surface area contributed by atoms with Gasteiger partial charge in [-0.3, -0.25) is 4.79 Å². The Balaban J connectivity index is 1.78. The number of urea groups is 1. The van der Waals surface area contributed by atoms with Gasteiger partial charge in [0.25, 0.3) is 5.91 Å². The van der Waals surface area contributed by atoms with Crippen LogP contribution in [0.25, 0.3) is 10.9 Å². The van der Waals surface area contributed by atoms with E-state index < -0.39 is 0 Å². The third-order valence-electron chi connectivity index (χ3n) is 3.43. The fraction of sp³-hybridized carbons (Fsp3) is 0.0588. The minimum atomic E-state index is -0.320. The number of carbonyl (C=O) groups is 2. The second-order valence-corrected chi connectivity index (χ2v) is 6.07. The van der Waals surface area contributed by atoms with Gasteiger partial charge in [0.2, 0.25) is 0 Å². The molecule has 0 aliphatic carbocycles. The number of aromatic nitrogens is 1. The number of benzene rings is 2. The van der Waals surface area contributed by atoms with E-state index in [0.29, 0.717) is 17.1 Å². The van der Waals surface area contributed by atoms with E-state index in [2.05, 4.69) is 36.9 Å². The van der Waals surface area contributed by atoms with Gasteiger partial charge in [0.1, 0.15) is 5.69 Å². The van der Waals surface area contributed by atoms with Gasteiger partial charge >= 0.3 is 6.03 Å². The predicted molar refractivity (Wildman–Crippen MR) is 98.5 cm³/mol. The molecule has 0 saturated carbocycles. The molecule has 0 saturated heterocycles. The van der Waals surface area contributed by atoms with Crippen LogP contribution in [0.4, 0.5) is 16.2 Å². The van der Waals surface area contributed by atoms with E-state index in [1.165, 1.54) is 7.05 Å². The van der Waals surface area contributed by atoms with Gasteiger partial charge < -0.3 is 20.9 Å². The lowest BCUT2D eigenvalue weighted by molar-refractivity contribution is 0.102. The van der Waals surface area contributed by atoms with Gasteiger partial charge in [-0.2, -0.15) is 0 Å². The Hall–Kier alpha value is -2.80. The van der Waals surface area contributed by atoms with Crippen LogP contribution in [0, 0.1) is 0 Å². The Labute approximate surface area is 146 Å². The number of rotatable bonds is 3. The fourth-order valence-corrected chi connectivity index (χ4v) is 2.65. The van der Waals surface area contributed by atoms with Crippen molar-refractivity contribution in [2.24, 2.45) is 0 Å². The summed E-state index contributed by atoms with van der Waals surface area (Å²) in [6.07, 6.45) is 0. The molecule has 0 bridgehead atoms. The zero-order valence-corrected chi connectivity index (χ0v) is 14.4. The number of hydrogen-bond donors (Lipinski definition) is 4. The Kier molecular flexibility index (Phi) is 4.52. The maximum Gasteiger partial charge on any atom is 0.318 e. The molecule has 1 aromatic heterocycles. The Morgan fingerprint density at radius 3 is 2.50 bits per heavy atom. The van der Waals surface area contributed by atoms with Crippen LogP contribution in [0.15, 0.2) is 53.0 Å². The molecule has 0 radical (unpaired) electrons. The van der Waals surface area contributed by atoms with Crippen LogP contribution in [-0.2, 0) is 0 Å². The number of nitrogens with one attached hydrogen (secondary N) is 4.